The summed E-state index contributed by atoms with van der Waals surface area (Å²) in [6, 6.07) is 12.2. The molecule has 2 amide bonds. The van der Waals surface area contributed by atoms with Gasteiger partial charge >= 0.3 is 0 Å². The molecule has 3 aromatic heterocycles. The third kappa shape index (κ3) is 5.03. The molecule has 31 heavy (non-hydrogen) atoms. The maximum Gasteiger partial charge on any atom is 0.251 e. The van der Waals surface area contributed by atoms with Crippen molar-refractivity contribution in [2.45, 2.75) is 32.9 Å². The Balaban J connectivity index is 1.48. The molecular formula is C23H24N4O3S. The van der Waals surface area contributed by atoms with Gasteiger partial charge in [0.05, 0.1) is 23.0 Å². The van der Waals surface area contributed by atoms with Gasteiger partial charge in [-0.15, -0.1) is 0 Å². The number of fused-ring (bicyclic) bond motifs is 1. The Labute approximate surface area is 184 Å². The molecule has 0 bridgehead atoms. The van der Waals surface area contributed by atoms with Crippen LogP contribution in [0.25, 0.3) is 15.3 Å². The van der Waals surface area contributed by atoms with Crippen LogP contribution in [0.4, 0.5) is 0 Å². The lowest BCUT2D eigenvalue weighted by atomic mass is 10.0. The fourth-order valence-electron chi connectivity index (χ4n) is 3.28. The Morgan fingerprint density at radius 1 is 1.16 bits per heavy atom. The Morgan fingerprint density at radius 2 is 1.97 bits per heavy atom. The summed E-state index contributed by atoms with van der Waals surface area (Å²) in [5.74, 6) is 0.397. The topological polar surface area (TPSA) is 89.2 Å². The first-order chi connectivity index (χ1) is 15.0. The highest BCUT2D eigenvalue weighted by Crippen LogP contribution is 2.26. The van der Waals surface area contributed by atoms with Crippen LogP contribution in [0.2, 0.25) is 0 Å². The molecule has 4 rings (SSSR count). The summed E-state index contributed by atoms with van der Waals surface area (Å²) in [4.78, 5) is 30.2. The summed E-state index contributed by atoms with van der Waals surface area (Å²) in [6.07, 6.45) is 5.97. The van der Waals surface area contributed by atoms with E-state index in [1.165, 1.54) is 11.3 Å². The minimum absolute atomic E-state index is 0.229. The van der Waals surface area contributed by atoms with E-state index in [0.29, 0.717) is 17.7 Å². The minimum atomic E-state index is -0.630. The van der Waals surface area contributed by atoms with E-state index in [0.717, 1.165) is 15.3 Å². The highest BCUT2D eigenvalue weighted by Gasteiger charge is 2.23. The molecule has 0 radical (unpaired) electrons. The van der Waals surface area contributed by atoms with E-state index in [2.05, 4.69) is 15.6 Å². The number of carbonyl (C=O) groups excluding carboxylic acids is 2. The van der Waals surface area contributed by atoms with Crippen molar-refractivity contribution in [3.05, 3.63) is 72.4 Å². The lowest BCUT2D eigenvalue weighted by Crippen LogP contribution is -2.47. The Morgan fingerprint density at radius 3 is 2.68 bits per heavy atom. The van der Waals surface area contributed by atoms with Gasteiger partial charge in [-0.25, -0.2) is 4.98 Å². The highest BCUT2D eigenvalue weighted by atomic mass is 32.1. The summed E-state index contributed by atoms with van der Waals surface area (Å²) in [7, 11) is 0. The first-order valence-corrected chi connectivity index (χ1v) is 11.0. The van der Waals surface area contributed by atoms with Crippen molar-refractivity contribution < 1.29 is 14.0 Å². The van der Waals surface area contributed by atoms with Crippen molar-refractivity contribution >= 4 is 33.4 Å². The third-order valence-corrected chi connectivity index (χ3v) is 5.84. The summed E-state index contributed by atoms with van der Waals surface area (Å²) in [5.41, 5.74) is 1.34. The fourth-order valence-corrected chi connectivity index (χ4v) is 4.25. The molecular weight excluding hydrogens is 412 g/mol. The second-order valence-electron chi connectivity index (χ2n) is 7.72. The second kappa shape index (κ2) is 9.18. The minimum Gasteiger partial charge on any atom is -0.467 e. The molecule has 1 aromatic carbocycles. The first-order valence-electron chi connectivity index (χ1n) is 10.1. The molecule has 8 heteroatoms. The molecule has 0 saturated heterocycles. The van der Waals surface area contributed by atoms with E-state index < -0.39 is 6.04 Å². The van der Waals surface area contributed by atoms with E-state index >= 15 is 0 Å². The summed E-state index contributed by atoms with van der Waals surface area (Å²) >= 11 is 1.51. The van der Waals surface area contributed by atoms with Crippen LogP contribution in [-0.4, -0.2) is 27.4 Å². The number of nitrogens with zero attached hydrogens (tertiary/aromatic N) is 2. The zero-order valence-corrected chi connectivity index (χ0v) is 18.2. The number of hydrogen-bond donors (Lipinski definition) is 2. The normalized spacial score (nSPS) is 12.2. The number of furan rings is 1. The average Bonchev–Trinajstić information content (AvgIpc) is 3.51. The first kappa shape index (κ1) is 20.9. The number of rotatable bonds is 8. The molecule has 0 aliphatic heterocycles. The van der Waals surface area contributed by atoms with Crippen molar-refractivity contribution in [3.63, 3.8) is 0 Å². The Kier molecular flexibility index (Phi) is 6.18. The molecule has 0 saturated carbocycles. The molecule has 160 valence electrons. The summed E-state index contributed by atoms with van der Waals surface area (Å²) < 4.78 is 8.11. The summed E-state index contributed by atoms with van der Waals surface area (Å²) in [6.45, 7) is 4.32. The fraction of sp³-hybridized carbons (Fsp3) is 0.261. The lowest BCUT2D eigenvalue weighted by molar-refractivity contribution is -0.123. The van der Waals surface area contributed by atoms with Crippen molar-refractivity contribution in [2.24, 2.45) is 5.92 Å². The van der Waals surface area contributed by atoms with E-state index in [-0.39, 0.29) is 24.3 Å². The van der Waals surface area contributed by atoms with Crippen LogP contribution in [-0.2, 0) is 11.3 Å². The number of carbonyl (C=O) groups is 2. The molecule has 7 nitrogen and oxygen atoms in total. The van der Waals surface area contributed by atoms with Crippen LogP contribution >= 0.6 is 11.3 Å². The molecule has 1 atom stereocenters. The standard InChI is InChI=1S/C23H24N4O3S/c1-15(2)12-19(22(29)24-14-17-6-5-11-30-17)25-21(28)16-7-8-18-20(13-16)31-23(26-18)27-9-3-4-10-27/h3-11,13,15,19H,12,14H2,1-2H3,(H,24,29)(H,25,28)/t19-/m1/s1. The molecule has 0 unspecified atom stereocenters. The Bertz CT molecular complexity index is 1160. The predicted octanol–water partition coefficient (Wildman–Crippen LogP) is 4.14. The number of nitrogens with one attached hydrogen (secondary N) is 2. The molecule has 4 aromatic rings. The number of thiazole rings is 1. The van der Waals surface area contributed by atoms with Crippen LogP contribution in [0, 0.1) is 5.92 Å². The number of benzene rings is 1. The van der Waals surface area contributed by atoms with Crippen molar-refractivity contribution in [1.29, 1.82) is 0 Å². The molecule has 3 heterocycles. The van der Waals surface area contributed by atoms with Gasteiger partial charge in [-0.3, -0.25) is 9.59 Å². The largest absolute Gasteiger partial charge is 0.467 e. The zero-order chi connectivity index (χ0) is 21.8. The van der Waals surface area contributed by atoms with Crippen molar-refractivity contribution in [1.82, 2.24) is 20.2 Å². The van der Waals surface area contributed by atoms with Gasteiger partial charge in [-0.1, -0.05) is 25.2 Å². The van der Waals surface area contributed by atoms with Gasteiger partial charge in [-0.2, -0.15) is 0 Å². The van der Waals surface area contributed by atoms with Gasteiger partial charge < -0.3 is 19.6 Å². The van der Waals surface area contributed by atoms with Gasteiger partial charge in [0.25, 0.3) is 5.91 Å². The van der Waals surface area contributed by atoms with Crippen LogP contribution < -0.4 is 10.6 Å². The van der Waals surface area contributed by atoms with E-state index in [1.54, 1.807) is 24.5 Å². The van der Waals surface area contributed by atoms with Gasteiger partial charge in [0.2, 0.25) is 5.91 Å². The number of amides is 2. The van der Waals surface area contributed by atoms with Crippen LogP contribution in [0.3, 0.4) is 0 Å². The van der Waals surface area contributed by atoms with Crippen molar-refractivity contribution in [2.75, 3.05) is 0 Å². The summed E-state index contributed by atoms with van der Waals surface area (Å²) in [5, 5.41) is 6.57. The van der Waals surface area contributed by atoms with Gasteiger partial charge in [0, 0.05) is 18.0 Å². The molecule has 2 N–H and O–H groups in total. The maximum atomic E-state index is 12.9. The van der Waals surface area contributed by atoms with Crippen LogP contribution in [0.15, 0.2) is 65.5 Å². The zero-order valence-electron chi connectivity index (χ0n) is 17.4. The van der Waals surface area contributed by atoms with Gasteiger partial charge in [0.1, 0.15) is 11.8 Å². The third-order valence-electron chi connectivity index (χ3n) is 4.81. The predicted molar refractivity (Wildman–Crippen MR) is 120 cm³/mol. The molecule has 0 aliphatic rings. The van der Waals surface area contributed by atoms with Gasteiger partial charge in [-0.05, 0) is 54.8 Å². The van der Waals surface area contributed by atoms with Crippen LogP contribution in [0.1, 0.15) is 36.4 Å². The quantitative estimate of drug-likeness (QED) is 0.434. The number of aromatic nitrogens is 2. The van der Waals surface area contributed by atoms with E-state index in [1.807, 2.05) is 55.1 Å². The average molecular weight is 437 g/mol. The Hall–Kier alpha value is -3.39. The molecule has 0 fully saturated rings. The monoisotopic (exact) mass is 436 g/mol. The van der Waals surface area contributed by atoms with E-state index in [9.17, 15) is 9.59 Å². The smallest absolute Gasteiger partial charge is 0.251 e. The maximum absolute atomic E-state index is 12.9. The molecule has 0 aliphatic carbocycles. The SMILES string of the molecule is CC(C)C[C@@H](NC(=O)c1ccc2nc(-n3cccc3)sc2c1)C(=O)NCc1ccco1. The number of hydrogen-bond acceptors (Lipinski definition) is 5. The van der Waals surface area contributed by atoms with E-state index in [4.69, 9.17) is 4.42 Å². The van der Waals surface area contributed by atoms with Gasteiger partial charge in [0.15, 0.2) is 5.13 Å². The highest BCUT2D eigenvalue weighted by molar-refractivity contribution is 7.20. The van der Waals surface area contributed by atoms with Crippen LogP contribution in [0.5, 0.6) is 0 Å². The lowest BCUT2D eigenvalue weighted by Gasteiger charge is -2.20. The second-order valence-corrected chi connectivity index (χ2v) is 8.73. The van der Waals surface area contributed by atoms with Crippen molar-refractivity contribution in [3.8, 4) is 5.13 Å². The molecule has 0 spiro atoms.